The van der Waals surface area contributed by atoms with E-state index >= 15 is 0 Å². The van der Waals surface area contributed by atoms with Gasteiger partial charge in [-0.05, 0) is 19.3 Å². The van der Waals surface area contributed by atoms with Crippen LogP contribution in [0.5, 0.6) is 0 Å². The van der Waals surface area contributed by atoms with Crippen molar-refractivity contribution in [3.63, 3.8) is 0 Å². The van der Waals surface area contributed by atoms with E-state index in [1.54, 1.807) is 10.9 Å². The van der Waals surface area contributed by atoms with Crippen molar-refractivity contribution in [3.05, 3.63) is 6.20 Å². The Morgan fingerprint density at radius 3 is 2.83 bits per heavy atom. The van der Waals surface area contributed by atoms with Gasteiger partial charge in [0.05, 0.1) is 12.2 Å². The molecule has 0 radical (unpaired) electrons. The molecule has 2 rings (SSSR count). The van der Waals surface area contributed by atoms with Crippen molar-refractivity contribution in [2.24, 2.45) is 5.73 Å². The molecule has 0 spiro atoms. The van der Waals surface area contributed by atoms with E-state index in [-0.39, 0.29) is 6.04 Å². The summed E-state index contributed by atoms with van der Waals surface area (Å²) in [7, 11) is 0. The number of hydrogen-bond donors (Lipinski definition) is 2. The second kappa shape index (κ2) is 2.75. The summed E-state index contributed by atoms with van der Waals surface area (Å²) in [6.45, 7) is 0. The van der Waals surface area contributed by atoms with Crippen molar-refractivity contribution < 1.29 is 0 Å². The SMILES string of the molecule is Nc1cn(C2CCCC2N)nn1. The first kappa shape index (κ1) is 7.54. The van der Waals surface area contributed by atoms with E-state index in [4.69, 9.17) is 11.5 Å². The Balaban J connectivity index is 2.19. The maximum Gasteiger partial charge on any atom is 0.165 e. The van der Waals surface area contributed by atoms with Crippen molar-refractivity contribution in [3.8, 4) is 0 Å². The fourth-order valence-corrected chi connectivity index (χ4v) is 1.75. The smallest absolute Gasteiger partial charge is 0.165 e. The van der Waals surface area contributed by atoms with E-state index in [9.17, 15) is 0 Å². The van der Waals surface area contributed by atoms with Gasteiger partial charge in [0.25, 0.3) is 0 Å². The van der Waals surface area contributed by atoms with E-state index < -0.39 is 0 Å². The second-order valence-electron chi connectivity index (χ2n) is 3.29. The van der Waals surface area contributed by atoms with E-state index in [2.05, 4.69) is 10.3 Å². The second-order valence-corrected chi connectivity index (χ2v) is 3.29. The highest BCUT2D eigenvalue weighted by molar-refractivity contribution is 5.20. The molecule has 5 nitrogen and oxygen atoms in total. The number of nitrogen functional groups attached to an aromatic ring is 1. The first-order valence-corrected chi connectivity index (χ1v) is 4.20. The molecule has 5 heteroatoms. The Hall–Kier alpha value is -1.10. The van der Waals surface area contributed by atoms with E-state index in [0.29, 0.717) is 11.9 Å². The topological polar surface area (TPSA) is 82.8 Å². The Morgan fingerprint density at radius 2 is 2.33 bits per heavy atom. The highest BCUT2D eigenvalue weighted by atomic mass is 15.4. The molecule has 66 valence electrons. The first-order valence-electron chi connectivity index (χ1n) is 4.20. The first-order chi connectivity index (χ1) is 5.77. The molecule has 0 aromatic carbocycles. The molecule has 12 heavy (non-hydrogen) atoms. The van der Waals surface area contributed by atoms with Gasteiger partial charge in [0.2, 0.25) is 0 Å². The number of anilines is 1. The van der Waals surface area contributed by atoms with E-state index in [0.717, 1.165) is 12.8 Å². The molecule has 1 aliphatic rings. The Kier molecular flexibility index (Phi) is 1.73. The molecule has 0 bridgehead atoms. The van der Waals surface area contributed by atoms with Gasteiger partial charge in [0.15, 0.2) is 5.82 Å². The van der Waals surface area contributed by atoms with Crippen molar-refractivity contribution in [1.82, 2.24) is 15.0 Å². The van der Waals surface area contributed by atoms with Crippen LogP contribution >= 0.6 is 0 Å². The minimum absolute atomic E-state index is 0.214. The van der Waals surface area contributed by atoms with Crippen molar-refractivity contribution >= 4 is 5.82 Å². The number of nitrogens with two attached hydrogens (primary N) is 2. The fraction of sp³-hybridized carbons (Fsp3) is 0.714. The van der Waals surface area contributed by atoms with Gasteiger partial charge in [-0.3, -0.25) is 0 Å². The molecule has 2 atom stereocenters. The van der Waals surface area contributed by atoms with Crippen LogP contribution in [0.3, 0.4) is 0 Å². The summed E-state index contributed by atoms with van der Waals surface area (Å²) >= 11 is 0. The number of aromatic nitrogens is 3. The summed E-state index contributed by atoms with van der Waals surface area (Å²) in [5.41, 5.74) is 11.3. The van der Waals surface area contributed by atoms with Gasteiger partial charge in [0, 0.05) is 6.04 Å². The average molecular weight is 167 g/mol. The maximum absolute atomic E-state index is 5.89. The third kappa shape index (κ3) is 1.16. The quantitative estimate of drug-likeness (QED) is 0.612. The zero-order chi connectivity index (χ0) is 8.55. The number of hydrogen-bond acceptors (Lipinski definition) is 4. The molecule has 1 heterocycles. The summed E-state index contributed by atoms with van der Waals surface area (Å²) in [6, 6.07) is 0.515. The lowest BCUT2D eigenvalue weighted by Gasteiger charge is -2.13. The van der Waals surface area contributed by atoms with Crippen LogP contribution in [-0.4, -0.2) is 21.0 Å². The van der Waals surface area contributed by atoms with Crippen LogP contribution in [0.15, 0.2) is 6.20 Å². The maximum atomic E-state index is 5.89. The largest absolute Gasteiger partial charge is 0.381 e. The lowest BCUT2D eigenvalue weighted by atomic mass is 10.2. The molecule has 1 fully saturated rings. The van der Waals surface area contributed by atoms with Crippen LogP contribution in [-0.2, 0) is 0 Å². The molecule has 2 unspecified atom stereocenters. The zero-order valence-electron chi connectivity index (χ0n) is 6.85. The standard InChI is InChI=1S/C7H13N5/c8-5-2-1-3-6(5)12-4-7(9)10-11-12/h4-6H,1-3,8-9H2. The molecule has 0 amide bonds. The summed E-state index contributed by atoms with van der Waals surface area (Å²) in [5, 5.41) is 7.64. The van der Waals surface area contributed by atoms with E-state index in [1.165, 1.54) is 6.42 Å². The van der Waals surface area contributed by atoms with Crippen LogP contribution in [0.25, 0.3) is 0 Å². The van der Waals surface area contributed by atoms with Crippen LogP contribution in [0.2, 0.25) is 0 Å². The normalized spacial score (nSPS) is 29.4. The van der Waals surface area contributed by atoms with Gasteiger partial charge in [-0.2, -0.15) is 0 Å². The summed E-state index contributed by atoms with van der Waals surface area (Å²) in [4.78, 5) is 0. The lowest BCUT2D eigenvalue weighted by Crippen LogP contribution is -2.27. The van der Waals surface area contributed by atoms with Gasteiger partial charge in [-0.15, -0.1) is 5.10 Å². The molecule has 1 aliphatic carbocycles. The molecule has 0 aliphatic heterocycles. The Bertz CT molecular complexity index is 269. The predicted molar refractivity (Wildman–Crippen MR) is 45.3 cm³/mol. The van der Waals surface area contributed by atoms with Crippen LogP contribution in [0.1, 0.15) is 25.3 Å². The van der Waals surface area contributed by atoms with E-state index in [1.807, 2.05) is 0 Å². The third-order valence-electron chi connectivity index (χ3n) is 2.40. The highest BCUT2D eigenvalue weighted by Gasteiger charge is 2.26. The van der Waals surface area contributed by atoms with Crippen molar-refractivity contribution in [2.75, 3.05) is 5.73 Å². The minimum Gasteiger partial charge on any atom is -0.381 e. The number of rotatable bonds is 1. The number of nitrogens with zero attached hydrogens (tertiary/aromatic N) is 3. The molecule has 1 aromatic rings. The third-order valence-corrected chi connectivity index (χ3v) is 2.40. The zero-order valence-corrected chi connectivity index (χ0v) is 6.85. The Morgan fingerprint density at radius 1 is 1.50 bits per heavy atom. The van der Waals surface area contributed by atoms with Gasteiger partial charge in [-0.25, -0.2) is 4.68 Å². The summed E-state index contributed by atoms with van der Waals surface area (Å²) < 4.78 is 1.78. The van der Waals surface area contributed by atoms with Gasteiger partial charge >= 0.3 is 0 Å². The molecule has 0 saturated heterocycles. The minimum atomic E-state index is 0.214. The molecular formula is C7H13N5. The lowest BCUT2D eigenvalue weighted by molar-refractivity contribution is 0.412. The molecule has 4 N–H and O–H groups in total. The van der Waals surface area contributed by atoms with Crippen molar-refractivity contribution in [2.45, 2.75) is 31.3 Å². The van der Waals surface area contributed by atoms with Gasteiger partial charge in [-0.1, -0.05) is 5.21 Å². The van der Waals surface area contributed by atoms with Crippen LogP contribution in [0, 0.1) is 0 Å². The highest BCUT2D eigenvalue weighted by Crippen LogP contribution is 2.27. The van der Waals surface area contributed by atoms with Crippen LogP contribution < -0.4 is 11.5 Å². The Labute approximate surface area is 70.7 Å². The van der Waals surface area contributed by atoms with Gasteiger partial charge < -0.3 is 11.5 Å². The van der Waals surface area contributed by atoms with Gasteiger partial charge in [0.1, 0.15) is 0 Å². The fourth-order valence-electron chi connectivity index (χ4n) is 1.75. The molecular weight excluding hydrogens is 154 g/mol. The molecule has 1 aromatic heterocycles. The summed E-state index contributed by atoms with van der Waals surface area (Å²) in [6.07, 6.45) is 5.08. The monoisotopic (exact) mass is 167 g/mol. The average Bonchev–Trinajstić information content (AvgIpc) is 2.58. The van der Waals surface area contributed by atoms with Crippen LogP contribution in [0.4, 0.5) is 5.82 Å². The predicted octanol–water partition coefficient (Wildman–Crippen LogP) is -0.0874. The van der Waals surface area contributed by atoms with Crippen molar-refractivity contribution in [1.29, 1.82) is 0 Å². The summed E-state index contributed by atoms with van der Waals surface area (Å²) in [5.74, 6) is 0.467. The molecule has 1 saturated carbocycles.